The van der Waals surface area contributed by atoms with Crippen LogP contribution in [0.3, 0.4) is 0 Å². The fourth-order valence-electron chi connectivity index (χ4n) is 1.61. The maximum atomic E-state index is 11.8. The summed E-state index contributed by atoms with van der Waals surface area (Å²) in [6.45, 7) is 2.00. The molecule has 0 saturated carbocycles. The monoisotopic (exact) mass is 269 g/mol. The molecule has 5 heteroatoms. The van der Waals surface area contributed by atoms with E-state index in [9.17, 15) is 9.59 Å². The SMILES string of the molecule is Cc1ccc(/C=N/NC(=O)c2ccc(=O)n(C)c2)cc1. The summed E-state index contributed by atoms with van der Waals surface area (Å²) in [5, 5.41) is 3.89. The first-order chi connectivity index (χ1) is 9.56. The second-order valence-corrected chi connectivity index (χ2v) is 4.48. The van der Waals surface area contributed by atoms with Gasteiger partial charge in [-0.3, -0.25) is 9.59 Å². The molecule has 1 amide bonds. The number of nitrogens with zero attached hydrogens (tertiary/aromatic N) is 2. The molecule has 1 aromatic carbocycles. The molecular weight excluding hydrogens is 254 g/mol. The van der Waals surface area contributed by atoms with E-state index in [1.54, 1.807) is 13.3 Å². The molecule has 1 N–H and O–H groups in total. The van der Waals surface area contributed by atoms with Gasteiger partial charge in [0.15, 0.2) is 0 Å². The fraction of sp³-hybridized carbons (Fsp3) is 0.133. The Bertz CT molecular complexity index is 700. The zero-order chi connectivity index (χ0) is 14.5. The highest BCUT2D eigenvalue weighted by Crippen LogP contribution is 2.00. The number of nitrogens with one attached hydrogen (secondary N) is 1. The predicted molar refractivity (Wildman–Crippen MR) is 77.9 cm³/mol. The highest BCUT2D eigenvalue weighted by Gasteiger charge is 2.04. The summed E-state index contributed by atoms with van der Waals surface area (Å²) in [4.78, 5) is 23.0. The van der Waals surface area contributed by atoms with E-state index in [-0.39, 0.29) is 11.5 Å². The number of aromatic nitrogens is 1. The number of carbonyl (C=O) groups is 1. The summed E-state index contributed by atoms with van der Waals surface area (Å²) < 4.78 is 1.35. The lowest BCUT2D eigenvalue weighted by Gasteiger charge is -2.02. The molecule has 0 radical (unpaired) electrons. The molecule has 0 fully saturated rings. The molecule has 0 bridgehead atoms. The van der Waals surface area contributed by atoms with E-state index in [2.05, 4.69) is 10.5 Å². The molecule has 1 aromatic heterocycles. The number of aryl methyl sites for hydroxylation is 2. The van der Waals surface area contributed by atoms with Crippen molar-refractivity contribution in [3.63, 3.8) is 0 Å². The van der Waals surface area contributed by atoms with Crippen LogP contribution in [0.4, 0.5) is 0 Å². The largest absolute Gasteiger partial charge is 0.318 e. The van der Waals surface area contributed by atoms with Gasteiger partial charge in [0, 0.05) is 19.3 Å². The van der Waals surface area contributed by atoms with Gasteiger partial charge < -0.3 is 4.57 Å². The lowest BCUT2D eigenvalue weighted by molar-refractivity contribution is 0.0954. The van der Waals surface area contributed by atoms with Crippen LogP contribution in [-0.2, 0) is 7.05 Å². The third-order valence-corrected chi connectivity index (χ3v) is 2.81. The standard InChI is InChI=1S/C15H15N3O2/c1-11-3-5-12(6-4-11)9-16-17-15(20)13-7-8-14(19)18(2)10-13/h3-10H,1-2H3,(H,17,20)/b16-9+. The van der Waals surface area contributed by atoms with Gasteiger partial charge >= 0.3 is 0 Å². The minimum absolute atomic E-state index is 0.162. The van der Waals surface area contributed by atoms with Crippen molar-refractivity contribution < 1.29 is 4.79 Å². The highest BCUT2D eigenvalue weighted by molar-refractivity contribution is 5.94. The Morgan fingerprint density at radius 2 is 1.90 bits per heavy atom. The van der Waals surface area contributed by atoms with Crippen LogP contribution in [0.2, 0.25) is 0 Å². The molecule has 2 rings (SSSR count). The first-order valence-corrected chi connectivity index (χ1v) is 6.13. The maximum absolute atomic E-state index is 11.8. The van der Waals surface area contributed by atoms with Gasteiger partial charge in [-0.1, -0.05) is 29.8 Å². The van der Waals surface area contributed by atoms with Crippen LogP contribution in [0.15, 0.2) is 52.5 Å². The van der Waals surface area contributed by atoms with Crippen LogP contribution in [0.1, 0.15) is 21.5 Å². The maximum Gasteiger partial charge on any atom is 0.272 e. The zero-order valence-corrected chi connectivity index (χ0v) is 11.3. The average Bonchev–Trinajstić information content (AvgIpc) is 2.44. The van der Waals surface area contributed by atoms with Crippen LogP contribution in [0, 0.1) is 6.92 Å². The van der Waals surface area contributed by atoms with Crippen molar-refractivity contribution in [2.24, 2.45) is 12.1 Å². The van der Waals surface area contributed by atoms with Gasteiger partial charge in [-0.15, -0.1) is 0 Å². The molecule has 5 nitrogen and oxygen atoms in total. The molecule has 0 unspecified atom stereocenters. The predicted octanol–water partition coefficient (Wildman–Crippen LogP) is 1.46. The Hall–Kier alpha value is -2.69. The van der Waals surface area contributed by atoms with Crippen molar-refractivity contribution in [1.82, 2.24) is 9.99 Å². The molecule has 0 spiro atoms. The molecule has 0 saturated heterocycles. The molecule has 102 valence electrons. The Morgan fingerprint density at radius 3 is 2.55 bits per heavy atom. The van der Waals surface area contributed by atoms with E-state index in [1.165, 1.54) is 22.9 Å². The second kappa shape index (κ2) is 5.97. The van der Waals surface area contributed by atoms with Gasteiger partial charge in [0.2, 0.25) is 5.56 Å². The van der Waals surface area contributed by atoms with Crippen molar-refractivity contribution in [3.05, 3.63) is 69.6 Å². The number of hydrazone groups is 1. The summed E-state index contributed by atoms with van der Waals surface area (Å²) in [7, 11) is 1.59. The van der Waals surface area contributed by atoms with Crippen LogP contribution >= 0.6 is 0 Å². The molecule has 0 aliphatic rings. The van der Waals surface area contributed by atoms with Gasteiger partial charge in [-0.2, -0.15) is 5.10 Å². The average molecular weight is 269 g/mol. The molecular formula is C15H15N3O2. The van der Waals surface area contributed by atoms with Crippen molar-refractivity contribution in [2.45, 2.75) is 6.92 Å². The number of rotatable bonds is 3. The van der Waals surface area contributed by atoms with E-state index < -0.39 is 0 Å². The summed E-state index contributed by atoms with van der Waals surface area (Å²) in [5.41, 5.74) is 4.71. The lowest BCUT2D eigenvalue weighted by Crippen LogP contribution is -2.22. The van der Waals surface area contributed by atoms with Gasteiger partial charge in [0.1, 0.15) is 0 Å². The number of carbonyl (C=O) groups excluding carboxylic acids is 1. The van der Waals surface area contributed by atoms with Gasteiger partial charge in [-0.25, -0.2) is 5.43 Å². The Balaban J connectivity index is 2.03. The van der Waals surface area contributed by atoms with Crippen molar-refractivity contribution >= 4 is 12.1 Å². The highest BCUT2D eigenvalue weighted by atomic mass is 16.2. The number of hydrogen-bond acceptors (Lipinski definition) is 3. The van der Waals surface area contributed by atoms with E-state index >= 15 is 0 Å². The summed E-state index contributed by atoms with van der Waals surface area (Å²) in [5.74, 6) is -0.357. The summed E-state index contributed by atoms with van der Waals surface area (Å²) in [6.07, 6.45) is 3.04. The van der Waals surface area contributed by atoms with Crippen LogP contribution in [-0.4, -0.2) is 16.7 Å². The molecule has 0 aliphatic heterocycles. The number of hydrogen-bond donors (Lipinski definition) is 1. The number of pyridine rings is 1. The lowest BCUT2D eigenvalue weighted by atomic mass is 10.2. The number of benzene rings is 1. The molecule has 0 aliphatic carbocycles. The second-order valence-electron chi connectivity index (χ2n) is 4.48. The first-order valence-electron chi connectivity index (χ1n) is 6.13. The summed E-state index contributed by atoms with van der Waals surface area (Å²) in [6, 6.07) is 10.6. The molecule has 20 heavy (non-hydrogen) atoms. The summed E-state index contributed by atoms with van der Waals surface area (Å²) >= 11 is 0. The smallest absolute Gasteiger partial charge is 0.272 e. The van der Waals surface area contributed by atoms with Crippen LogP contribution < -0.4 is 11.0 Å². The van der Waals surface area contributed by atoms with Crippen LogP contribution in [0.5, 0.6) is 0 Å². The van der Waals surface area contributed by atoms with E-state index in [4.69, 9.17) is 0 Å². The van der Waals surface area contributed by atoms with Crippen molar-refractivity contribution in [1.29, 1.82) is 0 Å². The van der Waals surface area contributed by atoms with E-state index in [0.29, 0.717) is 5.56 Å². The van der Waals surface area contributed by atoms with Gasteiger partial charge in [0.05, 0.1) is 11.8 Å². The molecule has 2 aromatic rings. The Morgan fingerprint density at radius 1 is 1.20 bits per heavy atom. The third kappa shape index (κ3) is 3.41. The zero-order valence-electron chi connectivity index (χ0n) is 11.3. The van der Waals surface area contributed by atoms with Crippen molar-refractivity contribution in [3.8, 4) is 0 Å². The van der Waals surface area contributed by atoms with Gasteiger partial charge in [0.25, 0.3) is 5.91 Å². The fourth-order valence-corrected chi connectivity index (χ4v) is 1.61. The minimum Gasteiger partial charge on any atom is -0.318 e. The first kappa shape index (κ1) is 13.7. The topological polar surface area (TPSA) is 63.5 Å². The Kier molecular flexibility index (Phi) is 4.10. The molecule has 1 heterocycles. The number of amides is 1. The van der Waals surface area contributed by atoms with E-state index in [0.717, 1.165) is 11.1 Å². The normalized spacial score (nSPS) is 10.7. The molecule has 0 atom stereocenters. The quantitative estimate of drug-likeness (QED) is 0.677. The van der Waals surface area contributed by atoms with E-state index in [1.807, 2.05) is 31.2 Å². The van der Waals surface area contributed by atoms with Crippen LogP contribution in [0.25, 0.3) is 0 Å². The minimum atomic E-state index is -0.357. The Labute approximate surface area is 116 Å². The third-order valence-electron chi connectivity index (χ3n) is 2.81. The van der Waals surface area contributed by atoms with Crippen molar-refractivity contribution in [2.75, 3.05) is 0 Å². The van der Waals surface area contributed by atoms with Gasteiger partial charge in [-0.05, 0) is 18.6 Å².